The van der Waals surface area contributed by atoms with Crippen molar-refractivity contribution >= 4 is 29.1 Å². The SMILES string of the molecule is CNC(=O)c1ccc(NC(=O)c2ccnc(Cl)c2)c(C)c1. The molecule has 2 rings (SSSR count). The topological polar surface area (TPSA) is 71.1 Å². The number of anilines is 1. The van der Waals surface area contributed by atoms with Crippen LogP contribution >= 0.6 is 11.6 Å². The van der Waals surface area contributed by atoms with E-state index < -0.39 is 0 Å². The van der Waals surface area contributed by atoms with E-state index in [0.717, 1.165) is 5.56 Å². The van der Waals surface area contributed by atoms with Crippen LogP contribution in [0.2, 0.25) is 5.15 Å². The van der Waals surface area contributed by atoms with Crippen LogP contribution in [0, 0.1) is 6.92 Å². The van der Waals surface area contributed by atoms with Gasteiger partial charge in [-0.25, -0.2) is 4.98 Å². The molecule has 6 heteroatoms. The normalized spacial score (nSPS) is 10.0. The average molecular weight is 304 g/mol. The molecule has 0 aliphatic rings. The second kappa shape index (κ2) is 6.37. The van der Waals surface area contributed by atoms with Gasteiger partial charge in [0.05, 0.1) is 0 Å². The van der Waals surface area contributed by atoms with Crippen molar-refractivity contribution in [2.24, 2.45) is 0 Å². The van der Waals surface area contributed by atoms with Crippen molar-refractivity contribution in [3.05, 3.63) is 58.4 Å². The van der Waals surface area contributed by atoms with Gasteiger partial charge < -0.3 is 10.6 Å². The Morgan fingerprint density at radius 2 is 1.81 bits per heavy atom. The summed E-state index contributed by atoms with van der Waals surface area (Å²) in [6, 6.07) is 8.14. The number of aryl methyl sites for hydroxylation is 1. The van der Waals surface area contributed by atoms with E-state index in [4.69, 9.17) is 11.6 Å². The zero-order valence-corrected chi connectivity index (χ0v) is 12.4. The number of carbonyl (C=O) groups excluding carboxylic acids is 2. The molecule has 2 N–H and O–H groups in total. The molecular weight excluding hydrogens is 290 g/mol. The molecule has 5 nitrogen and oxygen atoms in total. The molecule has 0 atom stereocenters. The van der Waals surface area contributed by atoms with Crippen molar-refractivity contribution in [1.82, 2.24) is 10.3 Å². The van der Waals surface area contributed by atoms with Crippen LogP contribution in [-0.2, 0) is 0 Å². The van der Waals surface area contributed by atoms with Crippen LogP contribution < -0.4 is 10.6 Å². The molecule has 0 spiro atoms. The maximum absolute atomic E-state index is 12.1. The van der Waals surface area contributed by atoms with Gasteiger partial charge in [-0.05, 0) is 42.8 Å². The molecule has 0 radical (unpaired) electrons. The molecule has 0 saturated carbocycles. The number of rotatable bonds is 3. The van der Waals surface area contributed by atoms with Gasteiger partial charge in [0.25, 0.3) is 11.8 Å². The summed E-state index contributed by atoms with van der Waals surface area (Å²) < 4.78 is 0. The summed E-state index contributed by atoms with van der Waals surface area (Å²) in [5.74, 6) is -0.452. The van der Waals surface area contributed by atoms with Crippen LogP contribution in [0.3, 0.4) is 0 Å². The second-order valence-corrected chi connectivity index (χ2v) is 4.82. The Morgan fingerprint density at radius 3 is 2.43 bits per heavy atom. The lowest BCUT2D eigenvalue weighted by atomic mass is 10.1. The average Bonchev–Trinajstić information content (AvgIpc) is 2.48. The minimum atomic E-state index is -0.282. The third-order valence-corrected chi connectivity index (χ3v) is 3.16. The number of halogens is 1. The van der Waals surface area contributed by atoms with Crippen LogP contribution in [0.15, 0.2) is 36.5 Å². The number of hydrogen-bond acceptors (Lipinski definition) is 3. The van der Waals surface area contributed by atoms with Gasteiger partial charge in [0.15, 0.2) is 0 Å². The fourth-order valence-electron chi connectivity index (χ4n) is 1.83. The fraction of sp³-hybridized carbons (Fsp3) is 0.133. The molecule has 2 aromatic rings. The Bertz CT molecular complexity index is 701. The Kier molecular flexibility index (Phi) is 4.55. The van der Waals surface area contributed by atoms with Gasteiger partial charge >= 0.3 is 0 Å². The van der Waals surface area contributed by atoms with Crippen LogP contribution in [0.4, 0.5) is 5.69 Å². The van der Waals surface area contributed by atoms with E-state index in [1.807, 2.05) is 6.92 Å². The van der Waals surface area contributed by atoms with Crippen molar-refractivity contribution in [1.29, 1.82) is 0 Å². The smallest absolute Gasteiger partial charge is 0.255 e. The first kappa shape index (κ1) is 15.0. The highest BCUT2D eigenvalue weighted by molar-refractivity contribution is 6.29. The first-order chi connectivity index (χ1) is 10.0. The number of hydrogen-bond donors (Lipinski definition) is 2. The van der Waals surface area contributed by atoms with Crippen LogP contribution in [0.25, 0.3) is 0 Å². The van der Waals surface area contributed by atoms with Gasteiger partial charge in [0.1, 0.15) is 5.15 Å². The Balaban J connectivity index is 2.20. The summed E-state index contributed by atoms with van der Waals surface area (Å²) >= 11 is 5.76. The van der Waals surface area contributed by atoms with Crippen molar-refractivity contribution in [2.45, 2.75) is 6.92 Å². The predicted molar refractivity (Wildman–Crippen MR) is 81.8 cm³/mol. The molecule has 0 bridgehead atoms. The van der Waals surface area contributed by atoms with Crippen LogP contribution in [0.1, 0.15) is 26.3 Å². The molecule has 108 valence electrons. The van der Waals surface area contributed by atoms with Crippen molar-refractivity contribution in [2.75, 3.05) is 12.4 Å². The van der Waals surface area contributed by atoms with E-state index in [1.165, 1.54) is 12.3 Å². The molecule has 0 aliphatic heterocycles. The van der Waals surface area contributed by atoms with Gasteiger partial charge in [-0.15, -0.1) is 0 Å². The van der Waals surface area contributed by atoms with Gasteiger partial charge in [0, 0.05) is 30.1 Å². The zero-order valence-electron chi connectivity index (χ0n) is 11.6. The minimum absolute atomic E-state index is 0.170. The highest BCUT2D eigenvalue weighted by atomic mass is 35.5. The third kappa shape index (κ3) is 3.58. The summed E-state index contributed by atoms with van der Waals surface area (Å²) in [5.41, 5.74) is 2.40. The lowest BCUT2D eigenvalue weighted by molar-refractivity contribution is 0.0962. The number of benzene rings is 1. The lowest BCUT2D eigenvalue weighted by Gasteiger charge is -2.10. The number of carbonyl (C=O) groups is 2. The number of amides is 2. The molecule has 1 heterocycles. The number of nitrogens with zero attached hydrogens (tertiary/aromatic N) is 1. The molecule has 21 heavy (non-hydrogen) atoms. The summed E-state index contributed by atoms with van der Waals surface area (Å²) in [7, 11) is 1.57. The Labute approximate surface area is 127 Å². The molecule has 2 amide bonds. The predicted octanol–water partition coefficient (Wildman–Crippen LogP) is 2.66. The summed E-state index contributed by atoms with van der Waals surface area (Å²) in [6.07, 6.45) is 1.47. The molecule has 0 saturated heterocycles. The van der Waals surface area contributed by atoms with Crippen molar-refractivity contribution < 1.29 is 9.59 Å². The quantitative estimate of drug-likeness (QED) is 0.856. The van der Waals surface area contributed by atoms with Gasteiger partial charge in [0.2, 0.25) is 0 Å². The van der Waals surface area contributed by atoms with Crippen molar-refractivity contribution in [3.8, 4) is 0 Å². The fourth-order valence-corrected chi connectivity index (χ4v) is 2.00. The number of aromatic nitrogens is 1. The van der Waals surface area contributed by atoms with E-state index in [-0.39, 0.29) is 17.0 Å². The molecule has 1 aromatic carbocycles. The largest absolute Gasteiger partial charge is 0.355 e. The summed E-state index contributed by atoms with van der Waals surface area (Å²) in [4.78, 5) is 27.5. The van der Waals surface area contributed by atoms with E-state index in [1.54, 1.807) is 31.3 Å². The highest BCUT2D eigenvalue weighted by Crippen LogP contribution is 2.18. The standard InChI is InChI=1S/C15H14ClN3O2/c1-9-7-10(14(20)17-2)3-4-12(9)19-15(21)11-5-6-18-13(16)8-11/h3-8H,1-2H3,(H,17,20)(H,19,21). The van der Waals surface area contributed by atoms with Crippen LogP contribution in [0.5, 0.6) is 0 Å². The van der Waals surface area contributed by atoms with E-state index in [2.05, 4.69) is 15.6 Å². The molecule has 0 unspecified atom stereocenters. The molecular formula is C15H14ClN3O2. The lowest BCUT2D eigenvalue weighted by Crippen LogP contribution is -2.18. The van der Waals surface area contributed by atoms with Gasteiger partial charge in [-0.1, -0.05) is 11.6 Å². The van der Waals surface area contributed by atoms with Crippen LogP contribution in [-0.4, -0.2) is 23.8 Å². The van der Waals surface area contributed by atoms with E-state index >= 15 is 0 Å². The van der Waals surface area contributed by atoms with Gasteiger partial charge in [-0.3, -0.25) is 9.59 Å². The van der Waals surface area contributed by atoms with Crippen molar-refractivity contribution in [3.63, 3.8) is 0 Å². The second-order valence-electron chi connectivity index (χ2n) is 4.43. The monoisotopic (exact) mass is 303 g/mol. The number of nitrogens with one attached hydrogen (secondary N) is 2. The maximum atomic E-state index is 12.1. The van der Waals surface area contributed by atoms with E-state index in [9.17, 15) is 9.59 Å². The first-order valence-electron chi connectivity index (χ1n) is 6.27. The minimum Gasteiger partial charge on any atom is -0.355 e. The summed E-state index contributed by atoms with van der Waals surface area (Å²) in [6.45, 7) is 1.82. The summed E-state index contributed by atoms with van der Waals surface area (Å²) in [5, 5.41) is 5.59. The Morgan fingerprint density at radius 1 is 1.10 bits per heavy atom. The Hall–Kier alpha value is -2.40. The maximum Gasteiger partial charge on any atom is 0.255 e. The third-order valence-electron chi connectivity index (χ3n) is 2.95. The molecule has 1 aromatic heterocycles. The highest BCUT2D eigenvalue weighted by Gasteiger charge is 2.10. The molecule has 0 fully saturated rings. The number of pyridine rings is 1. The first-order valence-corrected chi connectivity index (χ1v) is 6.64. The zero-order chi connectivity index (χ0) is 15.4. The van der Waals surface area contributed by atoms with Gasteiger partial charge in [-0.2, -0.15) is 0 Å². The van der Waals surface area contributed by atoms with E-state index in [0.29, 0.717) is 16.8 Å². The molecule has 0 aliphatic carbocycles.